The van der Waals surface area contributed by atoms with Crippen LogP contribution in [-0.2, 0) is 0 Å². The second-order valence-electron chi connectivity index (χ2n) is 4.37. The van der Waals surface area contributed by atoms with Gasteiger partial charge in [-0.1, -0.05) is 6.92 Å². The summed E-state index contributed by atoms with van der Waals surface area (Å²) in [4.78, 5) is 2.10. The molecular formula is C11H17N3O. The summed E-state index contributed by atoms with van der Waals surface area (Å²) in [7, 11) is 0. The third-order valence-corrected chi connectivity index (χ3v) is 3.02. The molecule has 1 fully saturated rings. The highest BCUT2D eigenvalue weighted by Crippen LogP contribution is 2.21. The topological polar surface area (TPSA) is 49.2 Å². The van der Waals surface area contributed by atoms with Crippen LogP contribution >= 0.6 is 0 Å². The molecule has 0 bridgehead atoms. The minimum absolute atomic E-state index is 0.249. The highest BCUT2D eigenvalue weighted by Gasteiger charge is 2.25. The maximum atomic E-state index is 9.79. The molecule has 0 radical (unpaired) electrons. The molecule has 1 aliphatic heterocycles. The van der Waals surface area contributed by atoms with Gasteiger partial charge in [-0.2, -0.15) is 5.10 Å². The van der Waals surface area contributed by atoms with Crippen LogP contribution in [0.15, 0.2) is 12.3 Å². The Morgan fingerprint density at radius 1 is 1.53 bits per heavy atom. The smallest absolute Gasteiger partial charge is 0.151 e. The number of anilines is 1. The van der Waals surface area contributed by atoms with Gasteiger partial charge in [-0.25, -0.2) is 0 Å². The minimum atomic E-state index is -0.249. The van der Waals surface area contributed by atoms with Gasteiger partial charge in [-0.3, -0.25) is 0 Å². The molecule has 4 nitrogen and oxygen atoms in total. The normalized spacial score (nSPS) is 26.7. The SMILES string of the molecule is Cc1cnnc(N2CCC(C)C(O)C2)c1. The minimum Gasteiger partial charge on any atom is -0.391 e. The van der Waals surface area contributed by atoms with Gasteiger partial charge < -0.3 is 10.0 Å². The van der Waals surface area contributed by atoms with Gasteiger partial charge in [0.1, 0.15) is 0 Å². The van der Waals surface area contributed by atoms with Crippen molar-refractivity contribution in [1.29, 1.82) is 0 Å². The van der Waals surface area contributed by atoms with E-state index in [-0.39, 0.29) is 6.10 Å². The number of hydrogen-bond acceptors (Lipinski definition) is 4. The summed E-state index contributed by atoms with van der Waals surface area (Å²) in [5, 5.41) is 17.8. The fourth-order valence-corrected chi connectivity index (χ4v) is 1.86. The Labute approximate surface area is 89.9 Å². The summed E-state index contributed by atoms with van der Waals surface area (Å²) in [6, 6.07) is 2.01. The van der Waals surface area contributed by atoms with Gasteiger partial charge in [0, 0.05) is 13.1 Å². The number of hydrogen-bond donors (Lipinski definition) is 1. The van der Waals surface area contributed by atoms with Crippen LogP contribution in [0.1, 0.15) is 18.9 Å². The van der Waals surface area contributed by atoms with E-state index >= 15 is 0 Å². The first-order valence-electron chi connectivity index (χ1n) is 5.39. The summed E-state index contributed by atoms with van der Waals surface area (Å²) in [5.74, 6) is 1.26. The number of aryl methyl sites for hydroxylation is 1. The van der Waals surface area contributed by atoms with Crippen molar-refractivity contribution in [1.82, 2.24) is 10.2 Å². The Morgan fingerprint density at radius 2 is 2.33 bits per heavy atom. The Bertz CT molecular complexity index is 342. The van der Waals surface area contributed by atoms with Crippen LogP contribution in [0.3, 0.4) is 0 Å². The van der Waals surface area contributed by atoms with E-state index in [1.165, 1.54) is 0 Å². The molecule has 0 amide bonds. The van der Waals surface area contributed by atoms with Crippen LogP contribution in [0, 0.1) is 12.8 Å². The lowest BCUT2D eigenvalue weighted by molar-refractivity contribution is 0.102. The summed E-state index contributed by atoms with van der Waals surface area (Å²) in [6.45, 7) is 5.71. The lowest BCUT2D eigenvalue weighted by Gasteiger charge is -2.34. The van der Waals surface area contributed by atoms with E-state index in [0.717, 1.165) is 24.3 Å². The van der Waals surface area contributed by atoms with Crippen LogP contribution in [0.5, 0.6) is 0 Å². The average Bonchev–Trinajstić information content (AvgIpc) is 2.22. The molecular weight excluding hydrogens is 190 g/mol. The molecule has 1 aromatic heterocycles. The van der Waals surface area contributed by atoms with E-state index in [9.17, 15) is 5.11 Å². The van der Waals surface area contributed by atoms with Gasteiger partial charge >= 0.3 is 0 Å². The molecule has 0 saturated carbocycles. The van der Waals surface area contributed by atoms with Crippen LogP contribution in [-0.4, -0.2) is 34.5 Å². The standard InChI is InChI=1S/C11H17N3O/c1-8-5-11(13-12-6-8)14-4-3-9(2)10(15)7-14/h5-6,9-10,15H,3-4,7H2,1-2H3. The molecule has 1 aromatic rings. The van der Waals surface area contributed by atoms with Gasteiger partial charge in [-0.05, 0) is 30.9 Å². The highest BCUT2D eigenvalue weighted by molar-refractivity contribution is 5.39. The molecule has 1 saturated heterocycles. The van der Waals surface area contributed by atoms with E-state index in [4.69, 9.17) is 0 Å². The number of aliphatic hydroxyl groups excluding tert-OH is 1. The van der Waals surface area contributed by atoms with Gasteiger partial charge in [-0.15, -0.1) is 5.10 Å². The summed E-state index contributed by atoms with van der Waals surface area (Å²) in [5.41, 5.74) is 1.10. The number of aliphatic hydroxyl groups is 1. The zero-order chi connectivity index (χ0) is 10.8. The van der Waals surface area contributed by atoms with E-state index in [1.54, 1.807) is 6.20 Å². The third-order valence-electron chi connectivity index (χ3n) is 3.02. The zero-order valence-corrected chi connectivity index (χ0v) is 9.22. The van der Waals surface area contributed by atoms with Crippen LogP contribution in [0.4, 0.5) is 5.82 Å². The Morgan fingerprint density at radius 3 is 3.00 bits per heavy atom. The first-order valence-corrected chi connectivity index (χ1v) is 5.39. The maximum absolute atomic E-state index is 9.79. The van der Waals surface area contributed by atoms with Crippen molar-refractivity contribution in [2.45, 2.75) is 26.4 Å². The second kappa shape index (κ2) is 4.14. The Balaban J connectivity index is 2.12. The molecule has 0 aliphatic carbocycles. The van der Waals surface area contributed by atoms with Crippen LogP contribution in [0.25, 0.3) is 0 Å². The van der Waals surface area contributed by atoms with Gasteiger partial charge in [0.2, 0.25) is 0 Å². The summed E-state index contributed by atoms with van der Waals surface area (Å²) >= 11 is 0. The number of nitrogens with zero attached hydrogens (tertiary/aromatic N) is 3. The molecule has 15 heavy (non-hydrogen) atoms. The molecule has 0 spiro atoms. The summed E-state index contributed by atoms with van der Waals surface area (Å²) in [6.07, 6.45) is 2.50. The van der Waals surface area contributed by atoms with E-state index in [1.807, 2.05) is 13.0 Å². The predicted octanol–water partition coefficient (Wildman–Crippen LogP) is 0.992. The van der Waals surface area contributed by atoms with E-state index < -0.39 is 0 Å². The average molecular weight is 207 g/mol. The number of rotatable bonds is 1. The first-order chi connectivity index (χ1) is 7.16. The highest BCUT2D eigenvalue weighted by atomic mass is 16.3. The molecule has 82 valence electrons. The number of aromatic nitrogens is 2. The predicted molar refractivity (Wildman–Crippen MR) is 58.8 cm³/mol. The third kappa shape index (κ3) is 2.26. The van der Waals surface area contributed by atoms with Crippen molar-refractivity contribution in [3.05, 3.63) is 17.8 Å². The fourth-order valence-electron chi connectivity index (χ4n) is 1.86. The molecule has 2 atom stereocenters. The molecule has 1 N–H and O–H groups in total. The van der Waals surface area contributed by atoms with Crippen molar-refractivity contribution in [2.24, 2.45) is 5.92 Å². The van der Waals surface area contributed by atoms with Gasteiger partial charge in [0.05, 0.1) is 12.3 Å². The van der Waals surface area contributed by atoms with E-state index in [2.05, 4.69) is 22.0 Å². The Kier molecular flexibility index (Phi) is 2.86. The van der Waals surface area contributed by atoms with Gasteiger partial charge in [0.25, 0.3) is 0 Å². The van der Waals surface area contributed by atoms with Crippen molar-refractivity contribution >= 4 is 5.82 Å². The summed E-state index contributed by atoms with van der Waals surface area (Å²) < 4.78 is 0. The van der Waals surface area contributed by atoms with Crippen molar-refractivity contribution in [3.8, 4) is 0 Å². The number of piperidine rings is 1. The monoisotopic (exact) mass is 207 g/mol. The molecule has 2 unspecified atom stereocenters. The Hall–Kier alpha value is -1.16. The lowest BCUT2D eigenvalue weighted by Crippen LogP contribution is -2.43. The van der Waals surface area contributed by atoms with Crippen molar-refractivity contribution < 1.29 is 5.11 Å². The van der Waals surface area contributed by atoms with Gasteiger partial charge in [0.15, 0.2) is 5.82 Å². The van der Waals surface area contributed by atoms with Crippen LogP contribution < -0.4 is 4.90 Å². The van der Waals surface area contributed by atoms with Crippen LogP contribution in [0.2, 0.25) is 0 Å². The van der Waals surface area contributed by atoms with Crippen molar-refractivity contribution in [2.75, 3.05) is 18.0 Å². The fraction of sp³-hybridized carbons (Fsp3) is 0.636. The van der Waals surface area contributed by atoms with Crippen molar-refractivity contribution in [3.63, 3.8) is 0 Å². The maximum Gasteiger partial charge on any atom is 0.151 e. The second-order valence-corrected chi connectivity index (χ2v) is 4.37. The van der Waals surface area contributed by atoms with E-state index in [0.29, 0.717) is 12.5 Å². The first kappa shape index (κ1) is 10.4. The molecule has 2 rings (SSSR count). The molecule has 2 heterocycles. The number of β-amino-alcohol motifs (C(OH)–C–C–N with tert-alkyl or cyclic N) is 1. The zero-order valence-electron chi connectivity index (χ0n) is 9.22. The largest absolute Gasteiger partial charge is 0.391 e. The molecule has 1 aliphatic rings. The quantitative estimate of drug-likeness (QED) is 0.746. The molecule has 4 heteroatoms. The lowest BCUT2D eigenvalue weighted by atomic mass is 9.96. The molecule has 0 aromatic carbocycles.